The van der Waals surface area contributed by atoms with Gasteiger partial charge in [-0.1, -0.05) is 0 Å². The summed E-state index contributed by atoms with van der Waals surface area (Å²) in [5, 5.41) is 2.83. The van der Waals surface area contributed by atoms with Crippen LogP contribution in [0.1, 0.15) is 23.2 Å². The van der Waals surface area contributed by atoms with Gasteiger partial charge in [0.25, 0.3) is 5.91 Å². The lowest BCUT2D eigenvalue weighted by Crippen LogP contribution is -2.23. The second-order valence-corrected chi connectivity index (χ2v) is 9.94. The molecule has 9 heteroatoms. The SMILES string of the molecule is CN(C)c1ccc(S(=O)(=O)N(C)C)cc1NC(=O)c1ccc(OC[C@@H]2CCCO2)cc1. The van der Waals surface area contributed by atoms with Crippen LogP contribution in [0, 0.1) is 0 Å². The number of anilines is 2. The van der Waals surface area contributed by atoms with Crippen molar-refractivity contribution in [1.29, 1.82) is 0 Å². The van der Waals surface area contributed by atoms with Gasteiger partial charge in [-0.3, -0.25) is 4.79 Å². The fourth-order valence-electron chi connectivity index (χ4n) is 3.24. The first kappa shape index (κ1) is 23.1. The lowest BCUT2D eigenvalue weighted by Gasteiger charge is -2.20. The highest BCUT2D eigenvalue weighted by molar-refractivity contribution is 7.89. The third kappa shape index (κ3) is 5.55. The molecule has 31 heavy (non-hydrogen) atoms. The maximum absolute atomic E-state index is 12.8. The van der Waals surface area contributed by atoms with Crippen LogP contribution in [0.4, 0.5) is 11.4 Å². The largest absolute Gasteiger partial charge is 0.491 e. The van der Waals surface area contributed by atoms with E-state index in [1.54, 1.807) is 30.3 Å². The van der Waals surface area contributed by atoms with Crippen molar-refractivity contribution >= 4 is 27.3 Å². The second-order valence-electron chi connectivity index (χ2n) is 7.79. The summed E-state index contributed by atoms with van der Waals surface area (Å²) in [5.41, 5.74) is 1.55. The summed E-state index contributed by atoms with van der Waals surface area (Å²) >= 11 is 0. The van der Waals surface area contributed by atoms with Gasteiger partial charge < -0.3 is 19.7 Å². The van der Waals surface area contributed by atoms with Crippen LogP contribution < -0.4 is 15.0 Å². The zero-order chi connectivity index (χ0) is 22.6. The number of hydrogen-bond donors (Lipinski definition) is 1. The molecule has 168 valence electrons. The number of nitrogens with one attached hydrogen (secondary N) is 1. The normalized spacial score (nSPS) is 16.4. The summed E-state index contributed by atoms with van der Waals surface area (Å²) in [6.45, 7) is 1.27. The van der Waals surface area contributed by atoms with Crippen molar-refractivity contribution < 1.29 is 22.7 Å². The van der Waals surface area contributed by atoms with E-state index in [-0.39, 0.29) is 16.9 Å². The molecule has 1 heterocycles. The molecular weight excluding hydrogens is 418 g/mol. The average molecular weight is 448 g/mol. The van der Waals surface area contributed by atoms with E-state index in [1.807, 2.05) is 19.0 Å². The fraction of sp³-hybridized carbons (Fsp3) is 0.409. The number of sulfonamides is 1. The molecule has 8 nitrogen and oxygen atoms in total. The van der Waals surface area contributed by atoms with Crippen molar-refractivity contribution in [3.8, 4) is 5.75 Å². The molecule has 0 aliphatic carbocycles. The predicted octanol–water partition coefficient (Wildman–Crippen LogP) is 2.81. The highest BCUT2D eigenvalue weighted by Crippen LogP contribution is 2.29. The van der Waals surface area contributed by atoms with Crippen LogP contribution in [0.25, 0.3) is 0 Å². The molecule has 1 saturated heterocycles. The summed E-state index contributed by atoms with van der Waals surface area (Å²) in [5.74, 6) is 0.327. The Balaban J connectivity index is 1.75. The Morgan fingerprint density at radius 2 is 1.84 bits per heavy atom. The highest BCUT2D eigenvalue weighted by Gasteiger charge is 2.20. The molecule has 1 fully saturated rings. The van der Waals surface area contributed by atoms with Crippen LogP contribution in [-0.2, 0) is 14.8 Å². The van der Waals surface area contributed by atoms with E-state index in [0.717, 1.165) is 23.8 Å². The number of carbonyl (C=O) groups excluding carboxylic acids is 1. The van der Waals surface area contributed by atoms with Gasteiger partial charge in [-0.25, -0.2) is 12.7 Å². The molecule has 0 aromatic heterocycles. The third-order valence-electron chi connectivity index (χ3n) is 5.05. The number of hydrogen-bond acceptors (Lipinski definition) is 6. The van der Waals surface area contributed by atoms with Crippen LogP contribution >= 0.6 is 0 Å². The van der Waals surface area contributed by atoms with Gasteiger partial charge in [-0.05, 0) is 55.3 Å². The lowest BCUT2D eigenvalue weighted by molar-refractivity contribution is 0.0679. The molecule has 1 aliphatic rings. The van der Waals surface area contributed by atoms with Crippen molar-refractivity contribution in [2.45, 2.75) is 23.8 Å². The molecule has 0 saturated carbocycles. The molecule has 0 spiro atoms. The summed E-state index contributed by atoms with van der Waals surface area (Å²) < 4.78 is 37.4. The molecule has 2 aromatic carbocycles. The standard InChI is InChI=1S/C22H29N3O5S/c1-24(2)21-12-11-19(31(27,28)25(3)4)14-20(21)23-22(26)16-7-9-17(10-8-16)30-15-18-6-5-13-29-18/h7-12,14,18H,5-6,13,15H2,1-4H3,(H,23,26)/t18-/m0/s1. The second kappa shape index (κ2) is 9.67. The number of amides is 1. The highest BCUT2D eigenvalue weighted by atomic mass is 32.2. The summed E-state index contributed by atoms with van der Waals surface area (Å²) in [7, 11) is 2.96. The Labute approximate surface area is 183 Å². The number of benzene rings is 2. The average Bonchev–Trinajstić information content (AvgIpc) is 3.26. The van der Waals surface area contributed by atoms with Gasteiger partial charge in [0.05, 0.1) is 22.4 Å². The Morgan fingerprint density at radius 1 is 1.13 bits per heavy atom. The summed E-state index contributed by atoms with van der Waals surface area (Å²) in [6.07, 6.45) is 2.18. The monoisotopic (exact) mass is 447 g/mol. The van der Waals surface area contributed by atoms with Crippen molar-refractivity contribution in [2.24, 2.45) is 0 Å². The maximum atomic E-state index is 12.8. The van der Waals surface area contributed by atoms with E-state index in [1.165, 1.54) is 26.2 Å². The smallest absolute Gasteiger partial charge is 0.255 e. The topological polar surface area (TPSA) is 88.2 Å². The van der Waals surface area contributed by atoms with Crippen LogP contribution in [0.3, 0.4) is 0 Å². The number of rotatable bonds is 8. The minimum Gasteiger partial charge on any atom is -0.491 e. The van der Waals surface area contributed by atoms with E-state index in [4.69, 9.17) is 9.47 Å². The molecule has 1 amide bonds. The van der Waals surface area contributed by atoms with Gasteiger partial charge in [-0.15, -0.1) is 0 Å². The Hall–Kier alpha value is -2.62. The molecule has 0 bridgehead atoms. The minimum absolute atomic E-state index is 0.108. The van der Waals surface area contributed by atoms with Gasteiger partial charge >= 0.3 is 0 Å². The van der Waals surface area contributed by atoms with Crippen molar-refractivity contribution in [2.75, 3.05) is 51.6 Å². The van der Waals surface area contributed by atoms with Crippen molar-refractivity contribution in [3.63, 3.8) is 0 Å². The van der Waals surface area contributed by atoms with Gasteiger partial charge in [0, 0.05) is 40.4 Å². The molecule has 1 N–H and O–H groups in total. The number of nitrogens with zero attached hydrogens (tertiary/aromatic N) is 2. The van der Waals surface area contributed by atoms with Crippen LogP contribution in [0.5, 0.6) is 5.75 Å². The minimum atomic E-state index is -3.62. The van der Waals surface area contributed by atoms with Gasteiger partial charge in [0.2, 0.25) is 10.0 Å². The van der Waals surface area contributed by atoms with Crippen LogP contribution in [-0.4, -0.2) is 66.1 Å². The Morgan fingerprint density at radius 3 is 2.42 bits per heavy atom. The zero-order valence-electron chi connectivity index (χ0n) is 18.3. The number of carbonyl (C=O) groups is 1. The van der Waals surface area contributed by atoms with Crippen molar-refractivity contribution in [3.05, 3.63) is 48.0 Å². The molecule has 0 radical (unpaired) electrons. The predicted molar refractivity (Wildman–Crippen MR) is 121 cm³/mol. The Bertz CT molecular complexity index is 1010. The quantitative estimate of drug-likeness (QED) is 0.670. The zero-order valence-corrected chi connectivity index (χ0v) is 19.1. The lowest BCUT2D eigenvalue weighted by atomic mass is 10.2. The molecule has 3 rings (SSSR count). The van der Waals surface area contributed by atoms with E-state index in [0.29, 0.717) is 29.3 Å². The molecule has 1 atom stereocenters. The molecule has 2 aromatic rings. The maximum Gasteiger partial charge on any atom is 0.255 e. The first-order chi connectivity index (χ1) is 14.7. The molecule has 1 aliphatic heterocycles. The molecule has 0 unspecified atom stereocenters. The third-order valence-corrected chi connectivity index (χ3v) is 6.86. The first-order valence-corrected chi connectivity index (χ1v) is 11.5. The van der Waals surface area contributed by atoms with Crippen LogP contribution in [0.2, 0.25) is 0 Å². The van der Waals surface area contributed by atoms with Crippen molar-refractivity contribution in [1.82, 2.24) is 4.31 Å². The fourth-order valence-corrected chi connectivity index (χ4v) is 4.17. The summed E-state index contributed by atoms with van der Waals surface area (Å²) in [6, 6.07) is 11.5. The van der Waals surface area contributed by atoms with Gasteiger partial charge in [0.15, 0.2) is 0 Å². The van der Waals surface area contributed by atoms with E-state index < -0.39 is 10.0 Å². The number of ether oxygens (including phenoxy) is 2. The van der Waals surface area contributed by atoms with E-state index in [2.05, 4.69) is 5.32 Å². The van der Waals surface area contributed by atoms with E-state index in [9.17, 15) is 13.2 Å². The summed E-state index contributed by atoms with van der Waals surface area (Å²) in [4.78, 5) is 14.7. The van der Waals surface area contributed by atoms with Gasteiger partial charge in [0.1, 0.15) is 12.4 Å². The van der Waals surface area contributed by atoms with Gasteiger partial charge in [-0.2, -0.15) is 0 Å². The Kier molecular flexibility index (Phi) is 7.19. The van der Waals surface area contributed by atoms with Crippen LogP contribution in [0.15, 0.2) is 47.4 Å². The first-order valence-electron chi connectivity index (χ1n) is 10.1. The molecular formula is C22H29N3O5S. The van der Waals surface area contributed by atoms with E-state index >= 15 is 0 Å².